The van der Waals surface area contributed by atoms with E-state index in [1.165, 1.54) is 12.1 Å². The highest BCUT2D eigenvalue weighted by Gasteiger charge is 2.15. The molecule has 0 bridgehead atoms. The lowest BCUT2D eigenvalue weighted by Crippen LogP contribution is -2.41. The van der Waals surface area contributed by atoms with Crippen LogP contribution in [0, 0.1) is 6.92 Å². The Balaban J connectivity index is 2.09. The molecule has 5 nitrogen and oxygen atoms in total. The molecule has 0 unspecified atom stereocenters. The minimum absolute atomic E-state index is 0.103. The van der Waals surface area contributed by atoms with Gasteiger partial charge in [-0.25, -0.2) is 8.42 Å². The number of hydrazine groups is 1. The van der Waals surface area contributed by atoms with Gasteiger partial charge in [0.05, 0.1) is 4.90 Å². The van der Waals surface area contributed by atoms with Crippen LogP contribution >= 0.6 is 0 Å². The van der Waals surface area contributed by atoms with Crippen LogP contribution in [0.2, 0.25) is 0 Å². The molecule has 2 rings (SSSR count). The summed E-state index contributed by atoms with van der Waals surface area (Å²) < 4.78 is 24.0. The van der Waals surface area contributed by atoms with Gasteiger partial charge in [0.1, 0.15) is 0 Å². The number of rotatable bonds is 4. The van der Waals surface area contributed by atoms with E-state index < -0.39 is 15.9 Å². The summed E-state index contributed by atoms with van der Waals surface area (Å²) in [6.45, 7) is 1.79. The Labute approximate surface area is 117 Å². The van der Waals surface area contributed by atoms with Gasteiger partial charge >= 0.3 is 0 Å². The van der Waals surface area contributed by atoms with Crippen LogP contribution in [0.15, 0.2) is 59.5 Å². The van der Waals surface area contributed by atoms with Crippen molar-refractivity contribution in [3.63, 3.8) is 0 Å². The fourth-order valence-corrected chi connectivity index (χ4v) is 2.56. The quantitative estimate of drug-likeness (QED) is 0.840. The molecule has 2 N–H and O–H groups in total. The van der Waals surface area contributed by atoms with Gasteiger partial charge in [0, 0.05) is 5.56 Å². The van der Waals surface area contributed by atoms with Gasteiger partial charge in [-0.1, -0.05) is 30.3 Å². The van der Waals surface area contributed by atoms with Crippen molar-refractivity contribution in [1.29, 1.82) is 0 Å². The van der Waals surface area contributed by atoms with Crippen molar-refractivity contribution in [1.82, 2.24) is 10.3 Å². The van der Waals surface area contributed by atoms with Crippen molar-refractivity contribution in [2.24, 2.45) is 0 Å². The number of benzene rings is 2. The minimum atomic E-state index is -3.77. The Hall–Kier alpha value is -2.18. The highest BCUT2D eigenvalue weighted by atomic mass is 32.2. The fourth-order valence-electron chi connectivity index (χ4n) is 1.62. The summed E-state index contributed by atoms with van der Waals surface area (Å²) in [6.07, 6.45) is 0. The van der Waals surface area contributed by atoms with Crippen molar-refractivity contribution < 1.29 is 13.2 Å². The first-order chi connectivity index (χ1) is 9.49. The molecule has 0 fully saturated rings. The number of hydrogen-bond donors (Lipinski definition) is 2. The Morgan fingerprint density at radius 3 is 2.35 bits per heavy atom. The van der Waals surface area contributed by atoms with E-state index in [0.29, 0.717) is 5.56 Å². The van der Waals surface area contributed by atoms with Crippen molar-refractivity contribution in [2.75, 3.05) is 0 Å². The van der Waals surface area contributed by atoms with E-state index in [0.717, 1.165) is 5.56 Å². The van der Waals surface area contributed by atoms with Gasteiger partial charge in [-0.05, 0) is 36.8 Å². The lowest BCUT2D eigenvalue weighted by atomic mass is 10.2. The molecular formula is C14H14N2O3S. The van der Waals surface area contributed by atoms with Gasteiger partial charge in [0.15, 0.2) is 0 Å². The number of amides is 1. The average molecular weight is 290 g/mol. The van der Waals surface area contributed by atoms with Crippen LogP contribution in [0.4, 0.5) is 0 Å². The molecule has 104 valence electrons. The van der Waals surface area contributed by atoms with E-state index in [-0.39, 0.29) is 4.90 Å². The highest BCUT2D eigenvalue weighted by Crippen LogP contribution is 2.09. The third kappa shape index (κ3) is 3.43. The molecule has 2 aromatic rings. The fraction of sp³-hybridized carbons (Fsp3) is 0.0714. The highest BCUT2D eigenvalue weighted by molar-refractivity contribution is 7.89. The molecule has 0 aliphatic heterocycles. The predicted molar refractivity (Wildman–Crippen MR) is 75.4 cm³/mol. The van der Waals surface area contributed by atoms with E-state index in [4.69, 9.17) is 0 Å². The van der Waals surface area contributed by atoms with Gasteiger partial charge in [0.25, 0.3) is 15.9 Å². The molecule has 0 saturated heterocycles. The zero-order chi connectivity index (χ0) is 14.6. The first-order valence-corrected chi connectivity index (χ1v) is 7.41. The Bertz CT molecular complexity index is 712. The summed E-state index contributed by atoms with van der Waals surface area (Å²) in [7, 11) is -3.77. The average Bonchev–Trinajstić information content (AvgIpc) is 2.46. The second kappa shape index (κ2) is 5.85. The number of hydrogen-bond acceptors (Lipinski definition) is 3. The smallest absolute Gasteiger partial charge is 0.266 e. The summed E-state index contributed by atoms with van der Waals surface area (Å²) in [5.41, 5.74) is 3.38. The van der Waals surface area contributed by atoms with Crippen molar-refractivity contribution in [2.45, 2.75) is 11.8 Å². The summed E-state index contributed by atoms with van der Waals surface area (Å²) in [4.78, 5) is 13.9. The number of carbonyl (C=O) groups excluding carboxylic acids is 1. The van der Waals surface area contributed by atoms with Crippen LogP contribution in [0.5, 0.6) is 0 Å². The predicted octanol–water partition coefficient (Wildman–Crippen LogP) is 1.62. The Kier molecular flexibility index (Phi) is 4.16. The minimum Gasteiger partial charge on any atom is -0.273 e. The molecule has 0 radical (unpaired) electrons. The molecule has 0 spiro atoms. The molecule has 0 aliphatic carbocycles. The Morgan fingerprint density at radius 2 is 1.70 bits per heavy atom. The first-order valence-electron chi connectivity index (χ1n) is 5.93. The van der Waals surface area contributed by atoms with Crippen molar-refractivity contribution in [3.05, 3.63) is 65.7 Å². The van der Waals surface area contributed by atoms with E-state index >= 15 is 0 Å². The number of aryl methyl sites for hydroxylation is 1. The van der Waals surface area contributed by atoms with Crippen LogP contribution in [-0.2, 0) is 10.0 Å². The SMILES string of the molecule is Cc1cccc(S(=O)(=O)NNC(=O)c2ccccc2)c1. The number of sulfonamides is 1. The van der Waals surface area contributed by atoms with Gasteiger partial charge in [-0.3, -0.25) is 10.2 Å². The molecule has 0 atom stereocenters. The third-order valence-corrected chi connectivity index (χ3v) is 3.88. The van der Waals surface area contributed by atoms with Crippen molar-refractivity contribution in [3.8, 4) is 0 Å². The molecule has 20 heavy (non-hydrogen) atoms. The Morgan fingerprint density at radius 1 is 1.00 bits per heavy atom. The zero-order valence-electron chi connectivity index (χ0n) is 10.8. The maximum atomic E-state index is 12.0. The van der Waals surface area contributed by atoms with Crippen LogP contribution in [-0.4, -0.2) is 14.3 Å². The number of carbonyl (C=O) groups is 1. The second-order valence-electron chi connectivity index (χ2n) is 4.24. The summed E-state index contributed by atoms with van der Waals surface area (Å²) >= 11 is 0. The maximum Gasteiger partial charge on any atom is 0.266 e. The second-order valence-corrected chi connectivity index (χ2v) is 5.92. The van der Waals surface area contributed by atoms with Crippen LogP contribution in [0.1, 0.15) is 15.9 Å². The van der Waals surface area contributed by atoms with Crippen LogP contribution in [0.25, 0.3) is 0 Å². The van der Waals surface area contributed by atoms with Crippen LogP contribution < -0.4 is 10.3 Å². The monoisotopic (exact) mass is 290 g/mol. The summed E-state index contributed by atoms with van der Waals surface area (Å²) in [5, 5.41) is 0. The van der Waals surface area contributed by atoms with E-state index in [1.54, 1.807) is 49.4 Å². The largest absolute Gasteiger partial charge is 0.273 e. The van der Waals surface area contributed by atoms with Gasteiger partial charge in [-0.15, -0.1) is 4.83 Å². The van der Waals surface area contributed by atoms with E-state index in [2.05, 4.69) is 10.3 Å². The van der Waals surface area contributed by atoms with Crippen molar-refractivity contribution >= 4 is 15.9 Å². The third-order valence-electron chi connectivity index (χ3n) is 2.63. The topological polar surface area (TPSA) is 75.3 Å². The molecule has 0 heterocycles. The molecule has 0 saturated carbocycles. The van der Waals surface area contributed by atoms with Crippen LogP contribution in [0.3, 0.4) is 0 Å². The normalized spacial score (nSPS) is 11.1. The van der Waals surface area contributed by atoms with E-state index in [9.17, 15) is 13.2 Å². The molecule has 0 aromatic heterocycles. The molecular weight excluding hydrogens is 276 g/mol. The molecule has 6 heteroatoms. The standard InChI is InChI=1S/C14H14N2O3S/c1-11-6-5-9-13(10-11)20(18,19)16-15-14(17)12-7-3-2-4-8-12/h2-10,16H,1H3,(H,15,17). The summed E-state index contributed by atoms with van der Waals surface area (Å²) in [6, 6.07) is 14.8. The van der Waals surface area contributed by atoms with Gasteiger partial charge < -0.3 is 0 Å². The van der Waals surface area contributed by atoms with Gasteiger partial charge in [-0.2, -0.15) is 0 Å². The van der Waals surface area contributed by atoms with Gasteiger partial charge in [0.2, 0.25) is 0 Å². The number of nitrogens with one attached hydrogen (secondary N) is 2. The lowest BCUT2D eigenvalue weighted by molar-refractivity contribution is 0.0945. The molecule has 0 aliphatic rings. The van der Waals surface area contributed by atoms with E-state index in [1.807, 2.05) is 0 Å². The zero-order valence-corrected chi connectivity index (χ0v) is 11.6. The summed E-state index contributed by atoms with van der Waals surface area (Å²) in [5.74, 6) is -0.512. The molecule has 2 aromatic carbocycles. The lowest BCUT2D eigenvalue weighted by Gasteiger charge is -2.08. The first kappa shape index (κ1) is 14.2. The molecule has 1 amide bonds. The maximum absolute atomic E-state index is 12.0.